The first-order valence-corrected chi connectivity index (χ1v) is 12.2. The third-order valence-electron chi connectivity index (χ3n) is 6.86. The number of anilines is 2. The van der Waals surface area contributed by atoms with Gasteiger partial charge < -0.3 is 31.3 Å². The van der Waals surface area contributed by atoms with E-state index in [4.69, 9.17) is 21.2 Å². The van der Waals surface area contributed by atoms with Gasteiger partial charge in [0.1, 0.15) is 11.6 Å². The maximum absolute atomic E-state index is 13.7. The summed E-state index contributed by atoms with van der Waals surface area (Å²) >= 11 is 0. The minimum absolute atomic E-state index is 0.124. The van der Waals surface area contributed by atoms with Crippen molar-refractivity contribution in [3.05, 3.63) is 64.4 Å². The predicted octanol–water partition coefficient (Wildman–Crippen LogP) is 2.34. The minimum atomic E-state index is -4.70. The van der Waals surface area contributed by atoms with Crippen LogP contribution in [0.4, 0.5) is 38.1 Å². The normalized spacial score (nSPS) is 22.4. The molecule has 5 rings (SSSR count). The second-order valence-electron chi connectivity index (χ2n) is 9.41. The first-order chi connectivity index (χ1) is 18.4. The van der Waals surface area contributed by atoms with Crippen molar-refractivity contribution < 1.29 is 31.1 Å². The fraction of sp³-hybridized carbons (Fsp3) is 0.458. The van der Waals surface area contributed by atoms with Crippen LogP contribution in [0.2, 0.25) is 0 Å². The summed E-state index contributed by atoms with van der Waals surface area (Å²) in [7, 11) is 0. The summed E-state index contributed by atoms with van der Waals surface area (Å²) in [5.41, 5.74) is 9.96. The molecule has 210 valence electrons. The van der Waals surface area contributed by atoms with Gasteiger partial charge in [-0.15, -0.1) is 0 Å². The molecule has 9 nitrogen and oxygen atoms in total. The number of ether oxygens (including phenoxy) is 1. The molecule has 3 aliphatic heterocycles. The average molecular weight is 557 g/mol. The number of dihydropyridines is 1. The number of hydrogen-bond donors (Lipinski definition) is 3. The third-order valence-corrected chi connectivity index (χ3v) is 6.86. The molecule has 0 bridgehead atoms. The Labute approximate surface area is 219 Å². The molecular formula is C24H26F6N8O. The van der Waals surface area contributed by atoms with Gasteiger partial charge in [0.25, 0.3) is 0 Å². The molecule has 39 heavy (non-hydrogen) atoms. The van der Waals surface area contributed by atoms with Crippen LogP contribution in [0.15, 0.2) is 41.9 Å². The van der Waals surface area contributed by atoms with E-state index in [-0.39, 0.29) is 37.4 Å². The lowest BCUT2D eigenvalue weighted by atomic mass is 9.93. The highest BCUT2D eigenvalue weighted by Gasteiger charge is 2.42. The molecule has 2 aromatic heterocycles. The first kappa shape index (κ1) is 27.0. The van der Waals surface area contributed by atoms with Crippen molar-refractivity contribution in [1.82, 2.24) is 20.3 Å². The van der Waals surface area contributed by atoms with E-state index in [0.29, 0.717) is 43.5 Å². The minimum Gasteiger partial charge on any atom is -0.385 e. The maximum atomic E-state index is 13.7. The van der Waals surface area contributed by atoms with E-state index in [0.717, 1.165) is 18.2 Å². The first-order valence-electron chi connectivity index (χ1n) is 12.2. The highest BCUT2D eigenvalue weighted by atomic mass is 19.4. The molecule has 1 saturated heterocycles. The zero-order chi connectivity index (χ0) is 28.0. The van der Waals surface area contributed by atoms with Crippen molar-refractivity contribution >= 4 is 11.8 Å². The summed E-state index contributed by atoms with van der Waals surface area (Å²) in [4.78, 5) is 16.8. The standard InChI is InChI=1S/C24H26F6N8O/c25-23(26,27)15-3-6-22(32,36-19(15)31)18-14-4-8-37(20-16(24(28,29)30)2-1-7-33-20)9-5-17(14)34-21(35-18)38-10-12-39-13-11-38/h1-3,6-7,36H,4-5,8-13,31-32H2. The van der Waals surface area contributed by atoms with Crippen LogP contribution in [0.3, 0.4) is 0 Å². The summed E-state index contributed by atoms with van der Waals surface area (Å²) in [6.45, 7) is 2.12. The molecule has 1 atom stereocenters. The Morgan fingerprint density at radius 2 is 1.67 bits per heavy atom. The zero-order valence-electron chi connectivity index (χ0n) is 20.6. The number of alkyl halides is 6. The smallest absolute Gasteiger partial charge is 0.385 e. The number of aromatic nitrogens is 3. The number of allylic oxidation sites excluding steroid dienone is 2. The van der Waals surface area contributed by atoms with Crippen molar-refractivity contribution in [1.29, 1.82) is 0 Å². The van der Waals surface area contributed by atoms with E-state index in [1.807, 2.05) is 4.90 Å². The van der Waals surface area contributed by atoms with Crippen LogP contribution in [0.25, 0.3) is 0 Å². The van der Waals surface area contributed by atoms with Gasteiger partial charge >= 0.3 is 12.4 Å². The van der Waals surface area contributed by atoms with Gasteiger partial charge in [0.15, 0.2) is 5.66 Å². The van der Waals surface area contributed by atoms with E-state index < -0.39 is 35.0 Å². The van der Waals surface area contributed by atoms with Crippen molar-refractivity contribution in [3.8, 4) is 0 Å². The molecule has 0 saturated carbocycles. The van der Waals surface area contributed by atoms with Crippen molar-refractivity contribution in [2.75, 3.05) is 49.2 Å². The summed E-state index contributed by atoms with van der Waals surface area (Å²) in [6.07, 6.45) is -5.65. The summed E-state index contributed by atoms with van der Waals surface area (Å²) in [5, 5.41) is 2.56. The Kier molecular flexibility index (Phi) is 6.83. The lowest BCUT2D eigenvalue weighted by Crippen LogP contribution is -2.54. The maximum Gasteiger partial charge on any atom is 0.419 e. The Morgan fingerprint density at radius 1 is 0.949 bits per heavy atom. The van der Waals surface area contributed by atoms with Gasteiger partial charge in [0.05, 0.1) is 35.7 Å². The molecule has 5 N–H and O–H groups in total. The molecule has 0 amide bonds. The fourth-order valence-electron chi connectivity index (χ4n) is 4.94. The molecule has 0 spiro atoms. The van der Waals surface area contributed by atoms with E-state index in [9.17, 15) is 26.3 Å². The molecule has 1 fully saturated rings. The number of halogens is 6. The predicted molar refractivity (Wildman–Crippen MR) is 129 cm³/mol. The number of nitrogens with one attached hydrogen (secondary N) is 1. The van der Waals surface area contributed by atoms with Crippen LogP contribution in [-0.2, 0) is 29.4 Å². The summed E-state index contributed by atoms with van der Waals surface area (Å²) in [6, 6.07) is 2.20. The Morgan fingerprint density at radius 3 is 2.33 bits per heavy atom. The number of hydrogen-bond acceptors (Lipinski definition) is 9. The highest BCUT2D eigenvalue weighted by Crippen LogP contribution is 2.37. The molecular weight excluding hydrogens is 530 g/mol. The van der Waals surface area contributed by atoms with Crippen molar-refractivity contribution in [3.63, 3.8) is 0 Å². The van der Waals surface area contributed by atoms with Gasteiger partial charge in [-0.2, -0.15) is 26.3 Å². The van der Waals surface area contributed by atoms with Crippen LogP contribution in [0.1, 0.15) is 22.5 Å². The summed E-state index contributed by atoms with van der Waals surface area (Å²) < 4.78 is 86.7. The number of fused-ring (bicyclic) bond motifs is 1. The van der Waals surface area contributed by atoms with E-state index in [1.54, 1.807) is 0 Å². The highest BCUT2D eigenvalue weighted by molar-refractivity contribution is 5.51. The summed E-state index contributed by atoms with van der Waals surface area (Å²) in [5.74, 6) is -0.564. The topological polar surface area (TPSA) is 118 Å². The molecule has 3 aliphatic rings. The van der Waals surface area contributed by atoms with Gasteiger partial charge in [-0.25, -0.2) is 15.0 Å². The van der Waals surface area contributed by atoms with Crippen molar-refractivity contribution in [2.24, 2.45) is 11.5 Å². The van der Waals surface area contributed by atoms with Crippen LogP contribution < -0.4 is 26.6 Å². The van der Waals surface area contributed by atoms with E-state index >= 15 is 0 Å². The van der Waals surface area contributed by atoms with Gasteiger partial charge in [0.2, 0.25) is 5.95 Å². The monoisotopic (exact) mass is 556 g/mol. The SMILES string of the molecule is NC1=C(C(F)(F)F)C=CC(N)(c2nc(N3CCOCC3)nc3c2CCN(c2ncccc2C(F)(F)F)CC3)N1. The van der Waals surface area contributed by atoms with Crippen LogP contribution >= 0.6 is 0 Å². The number of nitrogens with zero attached hydrogens (tertiary/aromatic N) is 5. The number of rotatable bonds is 3. The molecule has 1 unspecified atom stereocenters. The lowest BCUT2D eigenvalue weighted by molar-refractivity contribution is -0.137. The second-order valence-corrected chi connectivity index (χ2v) is 9.41. The number of morpholine rings is 1. The van der Waals surface area contributed by atoms with Crippen LogP contribution in [0.5, 0.6) is 0 Å². The molecule has 0 radical (unpaired) electrons. The average Bonchev–Trinajstić information content (AvgIpc) is 3.10. The fourth-order valence-corrected chi connectivity index (χ4v) is 4.94. The van der Waals surface area contributed by atoms with E-state index in [1.165, 1.54) is 17.2 Å². The van der Waals surface area contributed by atoms with Crippen LogP contribution in [0, 0.1) is 0 Å². The zero-order valence-corrected chi connectivity index (χ0v) is 20.6. The largest absolute Gasteiger partial charge is 0.419 e. The number of pyridine rings is 1. The molecule has 0 aliphatic carbocycles. The molecule has 5 heterocycles. The van der Waals surface area contributed by atoms with Gasteiger partial charge in [-0.1, -0.05) is 0 Å². The lowest BCUT2D eigenvalue weighted by Gasteiger charge is -2.35. The molecule has 0 aromatic carbocycles. The third kappa shape index (κ3) is 5.32. The Hall–Kier alpha value is -3.59. The van der Waals surface area contributed by atoms with Gasteiger partial charge in [-0.3, -0.25) is 0 Å². The van der Waals surface area contributed by atoms with Gasteiger partial charge in [-0.05, 0) is 30.7 Å². The number of nitrogens with two attached hydrogens (primary N) is 2. The van der Waals surface area contributed by atoms with E-state index in [2.05, 4.69) is 15.3 Å². The van der Waals surface area contributed by atoms with Crippen molar-refractivity contribution in [2.45, 2.75) is 30.9 Å². The second kappa shape index (κ2) is 9.86. The Balaban J connectivity index is 1.55. The van der Waals surface area contributed by atoms with Gasteiger partial charge in [0, 0.05) is 44.4 Å². The molecule has 2 aromatic rings. The Bertz CT molecular complexity index is 1300. The quantitative estimate of drug-likeness (QED) is 0.490. The molecule has 15 heteroatoms. The van der Waals surface area contributed by atoms with Crippen LogP contribution in [-0.4, -0.2) is 60.5 Å².